The van der Waals surface area contributed by atoms with Crippen LogP contribution in [0.1, 0.15) is 48.0 Å². The molecule has 0 spiro atoms. The Hall–Kier alpha value is -2.51. The van der Waals surface area contributed by atoms with E-state index in [2.05, 4.69) is 15.5 Å². The van der Waals surface area contributed by atoms with Crippen molar-refractivity contribution in [1.29, 1.82) is 0 Å². The highest BCUT2D eigenvalue weighted by atomic mass is 35.5. The summed E-state index contributed by atoms with van der Waals surface area (Å²) in [6.07, 6.45) is -0.305. The third-order valence-corrected chi connectivity index (χ3v) is 6.70. The second-order valence-corrected chi connectivity index (χ2v) is 9.19. The first-order valence-electron chi connectivity index (χ1n) is 10.6. The zero-order valence-electron chi connectivity index (χ0n) is 19.3. The summed E-state index contributed by atoms with van der Waals surface area (Å²) in [6.45, 7) is 12.6. The molecule has 3 aromatic rings. The molecule has 0 aliphatic heterocycles. The number of hydrogen-bond donors (Lipinski definition) is 1. The quantitative estimate of drug-likeness (QED) is 0.404. The molecule has 0 saturated heterocycles. The Morgan fingerprint density at radius 2 is 1.81 bits per heavy atom. The normalized spacial score (nSPS) is 12.0. The van der Waals surface area contributed by atoms with E-state index in [0.29, 0.717) is 11.7 Å². The number of carbonyl (C=O) groups is 1. The van der Waals surface area contributed by atoms with Gasteiger partial charge in [-0.25, -0.2) is 0 Å². The maximum atomic E-state index is 12.5. The number of benzene rings is 2. The molecule has 3 rings (SSSR count). The summed E-state index contributed by atoms with van der Waals surface area (Å²) in [5.41, 5.74) is 4.97. The van der Waals surface area contributed by atoms with Crippen LogP contribution in [0.3, 0.4) is 0 Å². The van der Waals surface area contributed by atoms with E-state index in [9.17, 15) is 4.79 Å². The smallest absolute Gasteiger partial charge is 0.234 e. The Morgan fingerprint density at radius 1 is 1.12 bits per heavy atom. The van der Waals surface area contributed by atoms with Gasteiger partial charge in [0, 0.05) is 17.3 Å². The van der Waals surface area contributed by atoms with Crippen LogP contribution in [0.2, 0.25) is 5.02 Å². The summed E-state index contributed by atoms with van der Waals surface area (Å²) in [4.78, 5) is 12.5. The second kappa shape index (κ2) is 10.4. The highest BCUT2D eigenvalue weighted by Crippen LogP contribution is 2.30. The summed E-state index contributed by atoms with van der Waals surface area (Å²) < 4.78 is 8.11. The number of carbonyl (C=O) groups excluding carboxylic acids is 1. The Kier molecular flexibility index (Phi) is 7.85. The molecule has 8 heteroatoms. The molecule has 32 heavy (non-hydrogen) atoms. The fourth-order valence-electron chi connectivity index (χ4n) is 3.51. The highest BCUT2D eigenvalue weighted by Gasteiger charge is 2.20. The summed E-state index contributed by atoms with van der Waals surface area (Å²) in [5, 5.41) is 13.1. The van der Waals surface area contributed by atoms with Gasteiger partial charge in [0.25, 0.3) is 0 Å². The van der Waals surface area contributed by atoms with Crippen molar-refractivity contribution in [2.75, 3.05) is 11.1 Å². The largest absolute Gasteiger partial charge is 0.483 e. The standard InChI is InChI=1S/C24H29ClN4O2S/c1-7-29-23(18(6)31-19-11-16(4)22(25)17(5)12-19)27-28-24(29)32-13-21(30)26-20-9-8-14(2)10-15(20)3/h8-12,18H,7,13H2,1-6H3,(H,26,30). The minimum atomic E-state index is -0.305. The number of nitrogens with zero attached hydrogens (tertiary/aromatic N) is 3. The molecular weight excluding hydrogens is 444 g/mol. The van der Waals surface area contributed by atoms with E-state index >= 15 is 0 Å². The molecule has 0 aliphatic rings. The molecular formula is C24H29ClN4O2S. The first-order chi connectivity index (χ1) is 15.2. The molecule has 1 N–H and O–H groups in total. The average Bonchev–Trinajstić information content (AvgIpc) is 3.15. The number of aromatic nitrogens is 3. The molecule has 0 radical (unpaired) electrons. The highest BCUT2D eigenvalue weighted by molar-refractivity contribution is 7.99. The zero-order chi connectivity index (χ0) is 23.4. The number of aryl methyl sites for hydroxylation is 4. The van der Waals surface area contributed by atoms with Crippen LogP contribution in [0.4, 0.5) is 5.69 Å². The van der Waals surface area contributed by atoms with Gasteiger partial charge in [-0.2, -0.15) is 0 Å². The van der Waals surface area contributed by atoms with Crippen LogP contribution in [0.25, 0.3) is 0 Å². The molecule has 1 heterocycles. The molecule has 1 atom stereocenters. The summed E-state index contributed by atoms with van der Waals surface area (Å²) >= 11 is 7.63. The van der Waals surface area contributed by atoms with Crippen molar-refractivity contribution in [3.05, 3.63) is 63.4 Å². The third kappa shape index (κ3) is 5.64. The minimum absolute atomic E-state index is 0.0782. The SMILES string of the molecule is CCn1c(SCC(=O)Nc2ccc(C)cc2C)nnc1C(C)Oc1cc(C)c(Cl)c(C)c1. The van der Waals surface area contributed by atoms with Crippen molar-refractivity contribution >= 4 is 35.0 Å². The number of rotatable bonds is 8. The van der Waals surface area contributed by atoms with E-state index in [-0.39, 0.29) is 17.8 Å². The van der Waals surface area contributed by atoms with Gasteiger partial charge in [0.1, 0.15) is 5.75 Å². The fourth-order valence-corrected chi connectivity index (χ4v) is 4.42. The van der Waals surface area contributed by atoms with Crippen LogP contribution in [0.15, 0.2) is 35.5 Å². The molecule has 0 fully saturated rings. The lowest BCUT2D eigenvalue weighted by Crippen LogP contribution is -2.16. The molecule has 1 unspecified atom stereocenters. The van der Waals surface area contributed by atoms with Gasteiger partial charge in [0.15, 0.2) is 17.1 Å². The number of halogens is 1. The van der Waals surface area contributed by atoms with Crippen LogP contribution in [0, 0.1) is 27.7 Å². The first-order valence-corrected chi connectivity index (χ1v) is 11.9. The lowest BCUT2D eigenvalue weighted by atomic mass is 10.1. The lowest BCUT2D eigenvalue weighted by Gasteiger charge is -2.17. The molecule has 170 valence electrons. The summed E-state index contributed by atoms with van der Waals surface area (Å²) in [7, 11) is 0. The summed E-state index contributed by atoms with van der Waals surface area (Å²) in [6, 6.07) is 9.81. The zero-order valence-corrected chi connectivity index (χ0v) is 20.9. The predicted molar refractivity (Wildman–Crippen MR) is 131 cm³/mol. The number of ether oxygens (including phenoxy) is 1. The maximum Gasteiger partial charge on any atom is 0.234 e. The van der Waals surface area contributed by atoms with E-state index in [0.717, 1.165) is 39.0 Å². The van der Waals surface area contributed by atoms with E-state index in [1.165, 1.54) is 17.3 Å². The number of nitrogens with one attached hydrogen (secondary N) is 1. The minimum Gasteiger partial charge on any atom is -0.483 e. The number of amides is 1. The van der Waals surface area contributed by atoms with Crippen LogP contribution in [-0.4, -0.2) is 26.4 Å². The topological polar surface area (TPSA) is 69.0 Å². The number of anilines is 1. The van der Waals surface area contributed by atoms with Crippen molar-refractivity contribution in [2.45, 2.75) is 59.3 Å². The van der Waals surface area contributed by atoms with Crippen molar-refractivity contribution in [3.8, 4) is 5.75 Å². The monoisotopic (exact) mass is 472 g/mol. The Labute approximate surface area is 198 Å². The maximum absolute atomic E-state index is 12.5. The van der Waals surface area contributed by atoms with E-state index in [1.807, 2.05) is 76.4 Å². The summed E-state index contributed by atoms with van der Waals surface area (Å²) in [5.74, 6) is 1.63. The fraction of sp³-hybridized carbons (Fsp3) is 0.375. The Bertz CT molecular complexity index is 1110. The van der Waals surface area contributed by atoms with E-state index < -0.39 is 0 Å². The van der Waals surface area contributed by atoms with Gasteiger partial charge in [-0.15, -0.1) is 10.2 Å². The van der Waals surface area contributed by atoms with Crippen molar-refractivity contribution in [2.24, 2.45) is 0 Å². The lowest BCUT2D eigenvalue weighted by molar-refractivity contribution is -0.113. The molecule has 0 saturated carbocycles. The van der Waals surface area contributed by atoms with Gasteiger partial charge in [-0.1, -0.05) is 41.1 Å². The van der Waals surface area contributed by atoms with Crippen LogP contribution >= 0.6 is 23.4 Å². The molecule has 6 nitrogen and oxygen atoms in total. The molecule has 2 aromatic carbocycles. The number of thioether (sulfide) groups is 1. The van der Waals surface area contributed by atoms with Crippen LogP contribution < -0.4 is 10.1 Å². The predicted octanol–water partition coefficient (Wildman–Crippen LogP) is 6.06. The molecule has 1 aromatic heterocycles. The van der Waals surface area contributed by atoms with Crippen molar-refractivity contribution < 1.29 is 9.53 Å². The Balaban J connectivity index is 1.67. The van der Waals surface area contributed by atoms with Gasteiger partial charge >= 0.3 is 0 Å². The van der Waals surface area contributed by atoms with E-state index in [4.69, 9.17) is 16.3 Å². The van der Waals surface area contributed by atoms with Crippen LogP contribution in [0.5, 0.6) is 5.75 Å². The molecule has 0 bridgehead atoms. The van der Waals surface area contributed by atoms with Crippen molar-refractivity contribution in [1.82, 2.24) is 14.8 Å². The second-order valence-electron chi connectivity index (χ2n) is 7.87. The number of hydrogen-bond acceptors (Lipinski definition) is 5. The van der Waals surface area contributed by atoms with Crippen LogP contribution in [-0.2, 0) is 11.3 Å². The third-order valence-electron chi connectivity index (χ3n) is 5.14. The average molecular weight is 473 g/mol. The first kappa shape index (κ1) is 24.1. The van der Waals surface area contributed by atoms with Gasteiger partial charge in [0.05, 0.1) is 5.75 Å². The van der Waals surface area contributed by atoms with Gasteiger partial charge in [-0.05, 0) is 76.4 Å². The Morgan fingerprint density at radius 3 is 2.44 bits per heavy atom. The van der Waals surface area contributed by atoms with E-state index in [1.54, 1.807) is 0 Å². The van der Waals surface area contributed by atoms with Gasteiger partial charge < -0.3 is 14.6 Å². The van der Waals surface area contributed by atoms with Gasteiger partial charge in [-0.3, -0.25) is 4.79 Å². The molecule has 1 amide bonds. The molecule has 0 aliphatic carbocycles. The van der Waals surface area contributed by atoms with Crippen molar-refractivity contribution in [3.63, 3.8) is 0 Å². The van der Waals surface area contributed by atoms with Gasteiger partial charge in [0.2, 0.25) is 5.91 Å².